The zero-order chi connectivity index (χ0) is 18.4. The van der Waals surface area contributed by atoms with E-state index in [0.29, 0.717) is 19.6 Å². The summed E-state index contributed by atoms with van der Waals surface area (Å²) in [5.74, 6) is 0.118. The lowest BCUT2D eigenvalue weighted by molar-refractivity contribution is -0.141. The molecule has 25 heavy (non-hydrogen) atoms. The van der Waals surface area contributed by atoms with Gasteiger partial charge in [-0.15, -0.1) is 0 Å². The predicted molar refractivity (Wildman–Crippen MR) is 79.9 cm³/mol. The highest BCUT2D eigenvalue weighted by Crippen LogP contribution is 2.33. The predicted octanol–water partition coefficient (Wildman–Crippen LogP) is 1.71. The van der Waals surface area contributed by atoms with E-state index in [1.165, 1.54) is 18.9 Å². The van der Waals surface area contributed by atoms with E-state index in [0.717, 1.165) is 4.68 Å². The van der Waals surface area contributed by atoms with E-state index in [9.17, 15) is 22.8 Å². The number of carbonyl (C=O) groups is 2. The molecule has 0 aliphatic carbocycles. The maximum absolute atomic E-state index is 12.9. The molecule has 0 unspecified atom stereocenters. The average molecular weight is 361 g/mol. The minimum absolute atomic E-state index is 0.00420. The maximum atomic E-state index is 12.9. The topological polar surface area (TPSA) is 88.5 Å². The first-order valence-electron chi connectivity index (χ1n) is 7.77. The number of aromatic nitrogens is 2. The summed E-state index contributed by atoms with van der Waals surface area (Å²) < 4.78 is 44.6. The van der Waals surface area contributed by atoms with E-state index >= 15 is 0 Å². The lowest BCUT2D eigenvalue weighted by Gasteiger charge is -2.40. The van der Waals surface area contributed by atoms with Crippen molar-refractivity contribution in [3.63, 3.8) is 0 Å². The molecule has 0 spiro atoms. The highest BCUT2D eigenvalue weighted by atomic mass is 19.4. The third-order valence-corrected chi connectivity index (χ3v) is 4.55. The molecule has 2 aliphatic rings. The fourth-order valence-corrected chi connectivity index (χ4v) is 3.18. The Balaban J connectivity index is 1.71. The summed E-state index contributed by atoms with van der Waals surface area (Å²) in [6.07, 6.45) is -4.48. The molecule has 1 aromatic rings. The van der Waals surface area contributed by atoms with Crippen LogP contribution in [-0.4, -0.2) is 52.5 Å². The van der Waals surface area contributed by atoms with Crippen LogP contribution >= 0.6 is 0 Å². The van der Waals surface area contributed by atoms with Crippen LogP contribution in [0.5, 0.6) is 0 Å². The van der Waals surface area contributed by atoms with Crippen molar-refractivity contribution >= 4 is 17.9 Å². The van der Waals surface area contributed by atoms with Gasteiger partial charge in [-0.05, 0) is 13.3 Å². The number of carbonyl (C=O) groups excluding carboxylic acids is 2. The van der Waals surface area contributed by atoms with Crippen LogP contribution in [0.1, 0.15) is 17.7 Å². The summed E-state index contributed by atoms with van der Waals surface area (Å²) in [4.78, 5) is 25.2. The van der Waals surface area contributed by atoms with Crippen molar-refractivity contribution in [2.75, 3.05) is 25.0 Å². The number of likely N-dealkylation sites (tertiary alicyclic amines) is 1. The summed E-state index contributed by atoms with van der Waals surface area (Å²) in [6.45, 7) is 2.27. The van der Waals surface area contributed by atoms with Gasteiger partial charge in [0.05, 0.1) is 12.6 Å². The van der Waals surface area contributed by atoms with Crippen molar-refractivity contribution in [2.24, 2.45) is 13.0 Å². The lowest BCUT2D eigenvalue weighted by Crippen LogP contribution is -2.58. The van der Waals surface area contributed by atoms with Gasteiger partial charge in [-0.3, -0.25) is 10.00 Å². The monoisotopic (exact) mass is 361 g/mol. The van der Waals surface area contributed by atoms with Crippen molar-refractivity contribution in [3.8, 4) is 0 Å². The first-order valence-corrected chi connectivity index (χ1v) is 7.77. The molecule has 0 saturated carbocycles. The van der Waals surface area contributed by atoms with Crippen molar-refractivity contribution in [3.05, 3.63) is 11.3 Å². The minimum Gasteiger partial charge on any atom is -0.449 e. The summed E-state index contributed by atoms with van der Waals surface area (Å²) >= 11 is 0. The Hall–Kier alpha value is -2.46. The molecule has 1 aromatic heterocycles. The Morgan fingerprint density at radius 1 is 1.44 bits per heavy atom. The Morgan fingerprint density at radius 2 is 2.16 bits per heavy atom. The molecule has 2 saturated heterocycles. The number of nitrogens with zero attached hydrogens (tertiary/aromatic N) is 3. The number of amides is 3. The summed E-state index contributed by atoms with van der Waals surface area (Å²) in [5, 5.41) is 8.60. The van der Waals surface area contributed by atoms with E-state index in [-0.39, 0.29) is 29.9 Å². The van der Waals surface area contributed by atoms with Crippen molar-refractivity contribution in [2.45, 2.75) is 25.6 Å². The van der Waals surface area contributed by atoms with E-state index in [1.807, 2.05) is 0 Å². The minimum atomic E-state index is -4.59. The first-order chi connectivity index (χ1) is 11.7. The number of alkyl carbamates (subject to hydrolysis) is 1. The number of cyclic esters (lactones) is 1. The molecule has 3 amide bonds. The van der Waals surface area contributed by atoms with Crippen LogP contribution in [0.3, 0.4) is 0 Å². The number of hydrogen-bond acceptors (Lipinski definition) is 4. The standard InChI is InChI=1S/C14H18F3N5O3/c1-7-10(14(15,16)17)20-21(2)11(7)19-12(23)22-4-3-8-6-25-13(24)18-9(8)5-22/h8-9H,3-6H2,1-2H3,(H,18,24)(H,19,23)/t8-,9+/m1/s1. The average Bonchev–Trinajstić information content (AvgIpc) is 2.82. The number of halogens is 3. The van der Waals surface area contributed by atoms with Gasteiger partial charge in [0.2, 0.25) is 0 Å². The number of alkyl halides is 3. The van der Waals surface area contributed by atoms with Gasteiger partial charge >= 0.3 is 18.3 Å². The number of anilines is 1. The van der Waals surface area contributed by atoms with Crippen molar-refractivity contribution in [1.82, 2.24) is 20.0 Å². The molecule has 8 nitrogen and oxygen atoms in total. The molecule has 2 N–H and O–H groups in total. The fraction of sp³-hybridized carbons (Fsp3) is 0.643. The first kappa shape index (κ1) is 17.4. The molecule has 2 aliphatic heterocycles. The Kier molecular flexibility index (Phi) is 4.25. The largest absolute Gasteiger partial charge is 0.449 e. The van der Waals surface area contributed by atoms with Gasteiger partial charge in [0.15, 0.2) is 5.69 Å². The molecule has 2 atom stereocenters. The zero-order valence-electron chi connectivity index (χ0n) is 13.7. The normalized spacial score (nSPS) is 23.6. The second kappa shape index (κ2) is 6.12. The van der Waals surface area contributed by atoms with Crippen LogP contribution < -0.4 is 10.6 Å². The van der Waals surface area contributed by atoms with E-state index in [2.05, 4.69) is 15.7 Å². The Bertz CT molecular complexity index is 703. The van der Waals surface area contributed by atoms with Crippen LogP contribution in [0.4, 0.5) is 28.6 Å². The van der Waals surface area contributed by atoms with Gasteiger partial charge in [-0.1, -0.05) is 0 Å². The van der Waals surface area contributed by atoms with Crippen LogP contribution in [0.2, 0.25) is 0 Å². The second-order valence-corrected chi connectivity index (χ2v) is 6.22. The molecule has 11 heteroatoms. The fourth-order valence-electron chi connectivity index (χ4n) is 3.18. The lowest BCUT2D eigenvalue weighted by atomic mass is 9.92. The smallest absolute Gasteiger partial charge is 0.435 e. The van der Waals surface area contributed by atoms with Crippen LogP contribution in [0, 0.1) is 12.8 Å². The van der Waals surface area contributed by atoms with Gasteiger partial charge in [-0.25, -0.2) is 9.59 Å². The maximum Gasteiger partial charge on any atom is 0.435 e. The molecule has 0 bridgehead atoms. The number of rotatable bonds is 1. The van der Waals surface area contributed by atoms with E-state index in [1.54, 1.807) is 0 Å². The summed E-state index contributed by atoms with van der Waals surface area (Å²) in [7, 11) is 1.34. The van der Waals surface area contributed by atoms with Gasteiger partial charge in [0.25, 0.3) is 0 Å². The van der Waals surface area contributed by atoms with Crippen LogP contribution in [0.15, 0.2) is 0 Å². The second-order valence-electron chi connectivity index (χ2n) is 6.22. The Labute approximate surface area is 141 Å². The van der Waals surface area contributed by atoms with Gasteiger partial charge in [-0.2, -0.15) is 18.3 Å². The van der Waals surface area contributed by atoms with Crippen LogP contribution in [0.25, 0.3) is 0 Å². The van der Waals surface area contributed by atoms with E-state index < -0.39 is 24.0 Å². The SMILES string of the molecule is Cc1c(C(F)(F)F)nn(C)c1NC(=O)N1CC[C@@H]2COC(=O)N[C@H]2C1. The number of nitrogens with one attached hydrogen (secondary N) is 2. The third kappa shape index (κ3) is 3.35. The Morgan fingerprint density at radius 3 is 2.80 bits per heavy atom. The number of aryl methyl sites for hydroxylation is 1. The highest BCUT2D eigenvalue weighted by Gasteiger charge is 2.39. The van der Waals surface area contributed by atoms with Crippen molar-refractivity contribution < 1.29 is 27.5 Å². The third-order valence-electron chi connectivity index (χ3n) is 4.55. The summed E-state index contributed by atoms with van der Waals surface area (Å²) in [6, 6.07) is -0.752. The highest BCUT2D eigenvalue weighted by molar-refractivity contribution is 5.89. The molecular weight excluding hydrogens is 343 g/mol. The quantitative estimate of drug-likeness (QED) is 0.797. The summed E-state index contributed by atoms with van der Waals surface area (Å²) in [5.41, 5.74) is -1.17. The number of fused-ring (bicyclic) bond motifs is 1. The van der Waals surface area contributed by atoms with E-state index in [4.69, 9.17) is 4.74 Å². The number of hydrogen-bond donors (Lipinski definition) is 2. The number of ether oxygens (including phenoxy) is 1. The van der Waals surface area contributed by atoms with Gasteiger partial charge in [0, 0.05) is 31.6 Å². The number of piperidine rings is 1. The molecule has 3 heterocycles. The van der Waals surface area contributed by atoms with Crippen molar-refractivity contribution in [1.29, 1.82) is 0 Å². The van der Waals surface area contributed by atoms with Crippen LogP contribution in [-0.2, 0) is 18.0 Å². The molecule has 138 valence electrons. The van der Waals surface area contributed by atoms with Gasteiger partial charge in [0.1, 0.15) is 5.82 Å². The molecule has 2 fully saturated rings. The number of urea groups is 1. The molecule has 0 radical (unpaired) electrons. The molecular formula is C14H18F3N5O3. The molecule has 3 rings (SSSR count). The molecule has 0 aromatic carbocycles. The van der Waals surface area contributed by atoms with Gasteiger partial charge < -0.3 is 15.0 Å². The zero-order valence-corrected chi connectivity index (χ0v) is 13.7.